The molecule has 1 fully saturated rings. The molecular weight excluding hydrogens is 330 g/mol. The van der Waals surface area contributed by atoms with Gasteiger partial charge in [0.15, 0.2) is 0 Å². The fourth-order valence-corrected chi connectivity index (χ4v) is 4.26. The van der Waals surface area contributed by atoms with E-state index in [9.17, 15) is 0 Å². The molecule has 1 aromatic rings. The molecule has 0 unspecified atom stereocenters. The molecule has 0 saturated heterocycles. The van der Waals surface area contributed by atoms with E-state index in [1.54, 1.807) is 11.3 Å². The largest absolute Gasteiger partial charge is 0.396 e. The summed E-state index contributed by atoms with van der Waals surface area (Å²) in [7, 11) is 0. The first kappa shape index (κ1) is 11.1. The summed E-state index contributed by atoms with van der Waals surface area (Å²) in [6.45, 7) is 1.19. The van der Waals surface area contributed by atoms with Crippen LogP contribution in [0.15, 0.2) is 13.6 Å². The zero-order valence-corrected chi connectivity index (χ0v) is 11.5. The van der Waals surface area contributed by atoms with Gasteiger partial charge in [0.2, 0.25) is 0 Å². The molecule has 0 radical (unpaired) electrons. The number of hydrogen-bond donors (Lipinski definition) is 2. The Kier molecular flexibility index (Phi) is 3.65. The van der Waals surface area contributed by atoms with Crippen molar-refractivity contribution in [1.82, 2.24) is 5.32 Å². The van der Waals surface area contributed by atoms with E-state index in [1.165, 1.54) is 9.35 Å². The van der Waals surface area contributed by atoms with Gasteiger partial charge in [0, 0.05) is 19.2 Å². The minimum atomic E-state index is 0.312. The highest BCUT2D eigenvalue weighted by molar-refractivity contribution is 9.12. The molecule has 0 spiro atoms. The molecule has 0 aliphatic heterocycles. The summed E-state index contributed by atoms with van der Waals surface area (Å²) in [5.41, 5.74) is 1.28. The maximum atomic E-state index is 8.88. The van der Waals surface area contributed by atoms with E-state index >= 15 is 0 Å². The molecule has 1 aliphatic carbocycles. The average Bonchev–Trinajstić information content (AvgIpc) is 2.83. The van der Waals surface area contributed by atoms with Crippen LogP contribution in [-0.2, 0) is 6.54 Å². The molecule has 0 bridgehead atoms. The van der Waals surface area contributed by atoms with Gasteiger partial charge in [0.1, 0.15) is 0 Å². The maximum Gasteiger partial charge on any atom is 0.0755 e. The monoisotopic (exact) mass is 339 g/mol. The summed E-state index contributed by atoms with van der Waals surface area (Å²) in [6.07, 6.45) is 1.11. The Morgan fingerprint density at radius 3 is 2.86 bits per heavy atom. The summed E-state index contributed by atoms with van der Waals surface area (Å²) in [5.74, 6) is 0.482. The van der Waals surface area contributed by atoms with Gasteiger partial charge in [0.05, 0.1) is 7.57 Å². The Morgan fingerprint density at radius 2 is 2.36 bits per heavy atom. The Hall–Kier alpha value is 0.580. The van der Waals surface area contributed by atoms with Crippen LogP contribution in [0.5, 0.6) is 0 Å². The van der Waals surface area contributed by atoms with Gasteiger partial charge in [-0.15, -0.1) is 11.3 Å². The third-order valence-electron chi connectivity index (χ3n) is 2.44. The molecule has 14 heavy (non-hydrogen) atoms. The quantitative estimate of drug-likeness (QED) is 0.883. The van der Waals surface area contributed by atoms with Crippen LogP contribution in [-0.4, -0.2) is 17.8 Å². The molecule has 1 saturated carbocycles. The van der Waals surface area contributed by atoms with Crippen molar-refractivity contribution in [2.24, 2.45) is 5.92 Å². The molecular formula is C9H11Br2NOS. The maximum absolute atomic E-state index is 8.88. The lowest BCUT2D eigenvalue weighted by atomic mass is 10.3. The summed E-state index contributed by atoms with van der Waals surface area (Å²) < 4.78 is 2.33. The number of rotatable bonds is 4. The van der Waals surface area contributed by atoms with Crippen molar-refractivity contribution in [1.29, 1.82) is 0 Å². The predicted octanol–water partition coefficient (Wildman–Crippen LogP) is 2.74. The second-order valence-electron chi connectivity index (χ2n) is 3.52. The number of aliphatic hydroxyl groups is 1. The molecule has 2 atom stereocenters. The molecule has 0 amide bonds. The van der Waals surface area contributed by atoms with Gasteiger partial charge in [-0.3, -0.25) is 0 Å². The molecule has 1 aromatic heterocycles. The minimum Gasteiger partial charge on any atom is -0.396 e. The van der Waals surface area contributed by atoms with E-state index in [1.807, 2.05) is 0 Å². The van der Waals surface area contributed by atoms with Crippen molar-refractivity contribution in [2.45, 2.75) is 19.0 Å². The smallest absolute Gasteiger partial charge is 0.0755 e. The summed E-state index contributed by atoms with van der Waals surface area (Å²) in [4.78, 5) is 0. The van der Waals surface area contributed by atoms with Crippen LogP contribution >= 0.6 is 43.2 Å². The van der Waals surface area contributed by atoms with E-state index in [0.29, 0.717) is 18.6 Å². The van der Waals surface area contributed by atoms with Gasteiger partial charge < -0.3 is 10.4 Å². The van der Waals surface area contributed by atoms with Gasteiger partial charge in [-0.25, -0.2) is 0 Å². The second kappa shape index (κ2) is 4.61. The number of thiophene rings is 1. The summed E-state index contributed by atoms with van der Waals surface area (Å²) >= 11 is 8.66. The van der Waals surface area contributed by atoms with E-state index in [0.717, 1.165) is 16.8 Å². The van der Waals surface area contributed by atoms with E-state index in [4.69, 9.17) is 5.11 Å². The Bertz CT molecular complexity index is 329. The average molecular weight is 341 g/mol. The van der Waals surface area contributed by atoms with E-state index < -0.39 is 0 Å². The zero-order chi connectivity index (χ0) is 10.1. The number of halogens is 2. The lowest BCUT2D eigenvalue weighted by Crippen LogP contribution is -2.18. The molecule has 0 aromatic carbocycles. The van der Waals surface area contributed by atoms with Crippen LogP contribution in [0.3, 0.4) is 0 Å². The van der Waals surface area contributed by atoms with Gasteiger partial charge in [-0.1, -0.05) is 0 Å². The lowest BCUT2D eigenvalue weighted by molar-refractivity contribution is 0.270. The number of aliphatic hydroxyl groups excluding tert-OH is 1. The third-order valence-corrected chi connectivity index (χ3v) is 4.90. The van der Waals surface area contributed by atoms with Gasteiger partial charge >= 0.3 is 0 Å². The normalized spacial score (nSPS) is 25.4. The molecule has 2 nitrogen and oxygen atoms in total. The molecule has 78 valence electrons. The van der Waals surface area contributed by atoms with Crippen molar-refractivity contribution < 1.29 is 5.11 Å². The van der Waals surface area contributed by atoms with Gasteiger partial charge in [-0.2, -0.15) is 0 Å². The van der Waals surface area contributed by atoms with Crippen LogP contribution in [0.1, 0.15) is 12.0 Å². The van der Waals surface area contributed by atoms with Gasteiger partial charge in [0.25, 0.3) is 0 Å². The molecule has 2 N–H and O–H groups in total. The van der Waals surface area contributed by atoms with Crippen molar-refractivity contribution in [3.05, 3.63) is 19.2 Å². The van der Waals surface area contributed by atoms with Crippen LogP contribution in [0.4, 0.5) is 0 Å². The van der Waals surface area contributed by atoms with E-state index in [-0.39, 0.29) is 0 Å². The fourth-order valence-electron chi connectivity index (χ4n) is 1.44. The van der Waals surface area contributed by atoms with Crippen molar-refractivity contribution in [3.63, 3.8) is 0 Å². The zero-order valence-electron chi connectivity index (χ0n) is 7.46. The Labute approximate surface area is 104 Å². The molecule has 5 heteroatoms. The predicted molar refractivity (Wildman–Crippen MR) is 65.5 cm³/mol. The minimum absolute atomic E-state index is 0.312. The standard InChI is InChI=1S/C9H11Br2NOS/c10-8-2-5(9(11)14-8)3-12-7-1-6(7)4-13/h2,6-7,12-13H,1,3-4H2/t6-,7+/m0/s1. The Balaban J connectivity index is 1.84. The third kappa shape index (κ3) is 2.58. The van der Waals surface area contributed by atoms with Crippen LogP contribution < -0.4 is 5.32 Å². The first-order chi connectivity index (χ1) is 6.70. The van der Waals surface area contributed by atoms with E-state index in [2.05, 4.69) is 43.2 Å². The van der Waals surface area contributed by atoms with Crippen LogP contribution in [0.2, 0.25) is 0 Å². The molecule has 1 heterocycles. The lowest BCUT2D eigenvalue weighted by Gasteiger charge is -2.01. The Morgan fingerprint density at radius 1 is 1.57 bits per heavy atom. The van der Waals surface area contributed by atoms with Crippen molar-refractivity contribution in [2.75, 3.05) is 6.61 Å². The SMILES string of the molecule is OC[C@@H]1C[C@H]1NCc1cc(Br)sc1Br. The van der Waals surface area contributed by atoms with Crippen LogP contribution in [0, 0.1) is 5.92 Å². The summed E-state index contributed by atoms with van der Waals surface area (Å²) in [5, 5.41) is 12.3. The van der Waals surface area contributed by atoms with Gasteiger partial charge in [-0.05, 0) is 55.8 Å². The second-order valence-corrected chi connectivity index (χ2v) is 7.26. The highest BCUT2D eigenvalue weighted by atomic mass is 79.9. The van der Waals surface area contributed by atoms with Crippen molar-refractivity contribution >= 4 is 43.2 Å². The van der Waals surface area contributed by atoms with Crippen molar-refractivity contribution in [3.8, 4) is 0 Å². The number of hydrogen-bond acceptors (Lipinski definition) is 3. The summed E-state index contributed by atoms with van der Waals surface area (Å²) in [6, 6.07) is 2.64. The fraction of sp³-hybridized carbons (Fsp3) is 0.556. The highest BCUT2D eigenvalue weighted by Crippen LogP contribution is 2.33. The van der Waals surface area contributed by atoms with Crippen LogP contribution in [0.25, 0.3) is 0 Å². The topological polar surface area (TPSA) is 32.3 Å². The first-order valence-corrected chi connectivity index (χ1v) is 6.89. The first-order valence-electron chi connectivity index (χ1n) is 4.48. The molecule has 1 aliphatic rings. The highest BCUT2D eigenvalue weighted by Gasteiger charge is 2.35. The number of nitrogens with one attached hydrogen (secondary N) is 1. The molecule has 2 rings (SSSR count).